The Kier molecular flexibility index (Phi) is 5.69. The SMILES string of the molecule is CCC/C=C/COc1cncc(N2CCNCC2)c1. The molecular formula is C15H23N3O. The minimum Gasteiger partial charge on any atom is -0.488 e. The Balaban J connectivity index is 1.87. The summed E-state index contributed by atoms with van der Waals surface area (Å²) in [5.41, 5.74) is 1.15. The van der Waals surface area contributed by atoms with Crippen molar-refractivity contribution in [2.45, 2.75) is 19.8 Å². The Morgan fingerprint density at radius 2 is 2.16 bits per heavy atom. The zero-order chi connectivity index (χ0) is 13.3. The van der Waals surface area contributed by atoms with E-state index in [0.29, 0.717) is 6.61 Å². The zero-order valence-corrected chi connectivity index (χ0v) is 11.6. The molecule has 2 heterocycles. The van der Waals surface area contributed by atoms with Gasteiger partial charge >= 0.3 is 0 Å². The zero-order valence-electron chi connectivity index (χ0n) is 11.6. The summed E-state index contributed by atoms with van der Waals surface area (Å²) in [6.45, 7) is 6.91. The molecule has 1 N–H and O–H groups in total. The lowest BCUT2D eigenvalue weighted by Gasteiger charge is -2.29. The van der Waals surface area contributed by atoms with Crippen molar-refractivity contribution in [2.75, 3.05) is 37.7 Å². The topological polar surface area (TPSA) is 37.4 Å². The number of nitrogens with one attached hydrogen (secondary N) is 1. The van der Waals surface area contributed by atoms with Gasteiger partial charge in [0.05, 0.1) is 18.1 Å². The molecule has 1 aromatic rings. The number of piperazine rings is 1. The van der Waals surface area contributed by atoms with Crippen LogP contribution in [0.4, 0.5) is 5.69 Å². The Morgan fingerprint density at radius 1 is 1.32 bits per heavy atom. The molecule has 0 bridgehead atoms. The molecule has 0 spiro atoms. The maximum absolute atomic E-state index is 5.69. The highest BCUT2D eigenvalue weighted by Gasteiger charge is 2.11. The van der Waals surface area contributed by atoms with E-state index in [2.05, 4.69) is 40.3 Å². The van der Waals surface area contributed by atoms with E-state index in [-0.39, 0.29) is 0 Å². The molecule has 1 saturated heterocycles. The molecule has 0 radical (unpaired) electrons. The number of hydrogen-bond acceptors (Lipinski definition) is 4. The quantitative estimate of drug-likeness (QED) is 0.797. The summed E-state index contributed by atoms with van der Waals surface area (Å²) in [6.07, 6.45) is 10.2. The van der Waals surface area contributed by atoms with Crippen LogP contribution in [0.3, 0.4) is 0 Å². The number of hydrogen-bond donors (Lipinski definition) is 1. The maximum atomic E-state index is 5.69. The van der Waals surface area contributed by atoms with Gasteiger partial charge in [-0.15, -0.1) is 0 Å². The molecule has 0 unspecified atom stereocenters. The third-order valence-corrected chi connectivity index (χ3v) is 3.15. The summed E-state index contributed by atoms with van der Waals surface area (Å²) >= 11 is 0. The van der Waals surface area contributed by atoms with Gasteiger partial charge in [0.25, 0.3) is 0 Å². The van der Waals surface area contributed by atoms with Gasteiger partial charge in [-0.05, 0) is 6.42 Å². The fourth-order valence-corrected chi connectivity index (χ4v) is 2.08. The van der Waals surface area contributed by atoms with E-state index in [1.165, 1.54) is 6.42 Å². The fraction of sp³-hybridized carbons (Fsp3) is 0.533. The highest BCUT2D eigenvalue weighted by atomic mass is 16.5. The second-order valence-corrected chi connectivity index (χ2v) is 4.69. The van der Waals surface area contributed by atoms with Crippen LogP contribution in [-0.4, -0.2) is 37.8 Å². The van der Waals surface area contributed by atoms with Crippen LogP contribution in [0.5, 0.6) is 5.75 Å². The number of aromatic nitrogens is 1. The molecule has 0 amide bonds. The van der Waals surface area contributed by atoms with Crippen LogP contribution in [0, 0.1) is 0 Å². The summed E-state index contributed by atoms with van der Waals surface area (Å²) in [7, 11) is 0. The number of rotatable bonds is 6. The molecule has 0 saturated carbocycles. The number of nitrogens with zero attached hydrogens (tertiary/aromatic N) is 2. The average molecular weight is 261 g/mol. The third-order valence-electron chi connectivity index (χ3n) is 3.15. The van der Waals surface area contributed by atoms with Crippen LogP contribution in [0.2, 0.25) is 0 Å². The van der Waals surface area contributed by atoms with Crippen LogP contribution in [0.1, 0.15) is 19.8 Å². The van der Waals surface area contributed by atoms with Gasteiger partial charge in [0.1, 0.15) is 12.4 Å². The number of anilines is 1. The lowest BCUT2D eigenvalue weighted by molar-refractivity contribution is 0.361. The summed E-state index contributed by atoms with van der Waals surface area (Å²) < 4.78 is 5.69. The molecule has 19 heavy (non-hydrogen) atoms. The number of ether oxygens (including phenoxy) is 1. The van der Waals surface area contributed by atoms with Gasteiger partial charge in [-0.1, -0.05) is 25.5 Å². The van der Waals surface area contributed by atoms with E-state index in [9.17, 15) is 0 Å². The van der Waals surface area contributed by atoms with E-state index in [1.54, 1.807) is 6.20 Å². The summed E-state index contributed by atoms with van der Waals surface area (Å²) in [6, 6.07) is 2.08. The lowest BCUT2D eigenvalue weighted by atomic mass is 10.3. The monoisotopic (exact) mass is 261 g/mol. The van der Waals surface area contributed by atoms with Gasteiger partial charge in [0, 0.05) is 32.2 Å². The molecule has 1 fully saturated rings. The minimum atomic E-state index is 0.618. The predicted molar refractivity (Wildman–Crippen MR) is 78.9 cm³/mol. The van der Waals surface area contributed by atoms with E-state index < -0.39 is 0 Å². The largest absolute Gasteiger partial charge is 0.488 e. The number of unbranched alkanes of at least 4 members (excludes halogenated alkanes) is 1. The predicted octanol–water partition coefficient (Wildman–Crippen LogP) is 2.23. The standard InChI is InChI=1S/C15H23N3O/c1-2-3-4-5-10-19-15-11-14(12-17-13-15)18-8-6-16-7-9-18/h4-5,11-13,16H,2-3,6-10H2,1H3/b5-4+. The van der Waals surface area contributed by atoms with E-state index >= 15 is 0 Å². The Bertz CT molecular complexity index is 400. The van der Waals surface area contributed by atoms with E-state index in [1.807, 2.05) is 6.20 Å². The first-order chi connectivity index (χ1) is 9.40. The van der Waals surface area contributed by atoms with Gasteiger partial charge in [0.2, 0.25) is 0 Å². The van der Waals surface area contributed by atoms with Crippen molar-refractivity contribution in [3.05, 3.63) is 30.6 Å². The minimum absolute atomic E-state index is 0.618. The van der Waals surface area contributed by atoms with E-state index in [4.69, 9.17) is 4.74 Å². The van der Waals surface area contributed by atoms with Crippen molar-refractivity contribution in [1.82, 2.24) is 10.3 Å². The fourth-order valence-electron chi connectivity index (χ4n) is 2.08. The molecule has 2 rings (SSSR count). The second kappa shape index (κ2) is 7.79. The number of pyridine rings is 1. The average Bonchev–Trinajstić information content (AvgIpc) is 2.48. The first-order valence-corrected chi connectivity index (χ1v) is 7.08. The molecule has 4 heteroatoms. The first kappa shape index (κ1) is 13.9. The third kappa shape index (κ3) is 4.56. The molecule has 0 aliphatic carbocycles. The Labute approximate surface area is 115 Å². The highest BCUT2D eigenvalue weighted by molar-refractivity contribution is 5.48. The lowest BCUT2D eigenvalue weighted by Crippen LogP contribution is -2.43. The van der Waals surface area contributed by atoms with Gasteiger partial charge in [-0.2, -0.15) is 0 Å². The van der Waals surface area contributed by atoms with Gasteiger partial charge in [-0.25, -0.2) is 0 Å². The molecule has 1 aromatic heterocycles. The summed E-state index contributed by atoms with van der Waals surface area (Å²) in [5.74, 6) is 0.845. The van der Waals surface area contributed by atoms with Crippen molar-refractivity contribution < 1.29 is 4.74 Å². The van der Waals surface area contributed by atoms with Gasteiger partial charge < -0.3 is 15.0 Å². The highest BCUT2D eigenvalue weighted by Crippen LogP contribution is 2.19. The molecule has 4 nitrogen and oxygen atoms in total. The number of allylic oxidation sites excluding steroid dienone is 1. The van der Waals surface area contributed by atoms with Crippen molar-refractivity contribution in [2.24, 2.45) is 0 Å². The Morgan fingerprint density at radius 3 is 2.95 bits per heavy atom. The molecule has 0 aromatic carbocycles. The normalized spacial score (nSPS) is 15.9. The van der Waals surface area contributed by atoms with Crippen molar-refractivity contribution in [3.8, 4) is 5.75 Å². The molecule has 1 aliphatic rings. The van der Waals surface area contributed by atoms with Crippen LogP contribution >= 0.6 is 0 Å². The van der Waals surface area contributed by atoms with Crippen molar-refractivity contribution in [3.63, 3.8) is 0 Å². The summed E-state index contributed by atoms with van der Waals surface area (Å²) in [4.78, 5) is 6.60. The second-order valence-electron chi connectivity index (χ2n) is 4.69. The first-order valence-electron chi connectivity index (χ1n) is 7.08. The van der Waals surface area contributed by atoms with Crippen molar-refractivity contribution >= 4 is 5.69 Å². The van der Waals surface area contributed by atoms with Crippen LogP contribution in [0.15, 0.2) is 30.6 Å². The Hall–Kier alpha value is -1.55. The van der Waals surface area contributed by atoms with Gasteiger partial charge in [0.15, 0.2) is 0 Å². The maximum Gasteiger partial charge on any atom is 0.140 e. The molecule has 1 aliphatic heterocycles. The van der Waals surface area contributed by atoms with Crippen LogP contribution < -0.4 is 15.0 Å². The van der Waals surface area contributed by atoms with Crippen molar-refractivity contribution in [1.29, 1.82) is 0 Å². The molecule has 0 atom stereocenters. The summed E-state index contributed by atoms with van der Waals surface area (Å²) in [5, 5.41) is 3.35. The molecular weight excluding hydrogens is 238 g/mol. The van der Waals surface area contributed by atoms with Crippen LogP contribution in [0.25, 0.3) is 0 Å². The van der Waals surface area contributed by atoms with Crippen LogP contribution in [-0.2, 0) is 0 Å². The smallest absolute Gasteiger partial charge is 0.140 e. The van der Waals surface area contributed by atoms with Gasteiger partial charge in [-0.3, -0.25) is 4.98 Å². The molecule has 104 valence electrons. The van der Waals surface area contributed by atoms with E-state index in [0.717, 1.165) is 44.0 Å².